The highest BCUT2D eigenvalue weighted by atomic mass is 16.5. The van der Waals surface area contributed by atoms with E-state index in [1.807, 2.05) is 0 Å². The molecule has 1 aliphatic heterocycles. The van der Waals surface area contributed by atoms with Crippen molar-refractivity contribution in [2.75, 3.05) is 13.2 Å². The van der Waals surface area contributed by atoms with Gasteiger partial charge in [-0.15, -0.1) is 0 Å². The first-order valence-corrected chi connectivity index (χ1v) is 6.01. The molecule has 1 N–H and O–H groups in total. The number of nitrogens with one attached hydrogen (secondary N) is 1. The summed E-state index contributed by atoms with van der Waals surface area (Å²) in [5, 5.41) is 3.67. The molecule has 0 aromatic rings. The molecule has 0 amide bonds. The minimum absolute atomic E-state index is 0.213. The lowest BCUT2D eigenvalue weighted by molar-refractivity contribution is 0.167. The van der Waals surface area contributed by atoms with E-state index >= 15 is 0 Å². The zero-order valence-electron chi connectivity index (χ0n) is 10.6. The van der Waals surface area contributed by atoms with E-state index in [0.29, 0.717) is 6.04 Å². The molecule has 2 nitrogen and oxygen atoms in total. The van der Waals surface area contributed by atoms with Gasteiger partial charge in [-0.25, -0.2) is 0 Å². The first-order valence-electron chi connectivity index (χ1n) is 6.01. The molecule has 1 fully saturated rings. The molecule has 1 aliphatic rings. The van der Waals surface area contributed by atoms with E-state index in [1.54, 1.807) is 0 Å². The maximum Gasteiger partial charge on any atom is 0.0646 e. The molecule has 0 spiro atoms. The summed E-state index contributed by atoms with van der Waals surface area (Å²) in [6.07, 6.45) is 5.83. The fourth-order valence-corrected chi connectivity index (χ4v) is 2.07. The zero-order valence-corrected chi connectivity index (χ0v) is 10.6. The Morgan fingerprint density at radius 3 is 2.80 bits per heavy atom. The van der Waals surface area contributed by atoms with E-state index in [2.05, 4.69) is 39.1 Å². The van der Waals surface area contributed by atoms with E-state index < -0.39 is 0 Å². The van der Waals surface area contributed by atoms with Crippen LogP contribution in [0.3, 0.4) is 0 Å². The second-order valence-corrected chi connectivity index (χ2v) is 5.27. The number of hydrogen-bond donors (Lipinski definition) is 1. The molecule has 0 aromatic heterocycles. The molecule has 0 saturated carbocycles. The maximum absolute atomic E-state index is 5.43. The van der Waals surface area contributed by atoms with Crippen LogP contribution in [-0.4, -0.2) is 24.8 Å². The maximum atomic E-state index is 5.43. The van der Waals surface area contributed by atoms with Gasteiger partial charge in [-0.2, -0.15) is 0 Å². The van der Waals surface area contributed by atoms with Crippen molar-refractivity contribution < 1.29 is 4.74 Å². The Labute approximate surface area is 94.1 Å². The first-order chi connectivity index (χ1) is 7.02. The van der Waals surface area contributed by atoms with Crippen LogP contribution < -0.4 is 5.32 Å². The van der Waals surface area contributed by atoms with Gasteiger partial charge >= 0.3 is 0 Å². The molecule has 15 heavy (non-hydrogen) atoms. The molecule has 1 saturated heterocycles. The molecule has 1 rings (SSSR count). The number of ether oxygens (including phenoxy) is 1. The van der Waals surface area contributed by atoms with Gasteiger partial charge in [0.2, 0.25) is 0 Å². The largest absolute Gasteiger partial charge is 0.379 e. The Hall–Kier alpha value is -0.340. The van der Waals surface area contributed by atoms with E-state index in [1.165, 1.54) is 18.4 Å². The zero-order chi connectivity index (χ0) is 11.3. The lowest BCUT2D eigenvalue weighted by Gasteiger charge is -2.28. The van der Waals surface area contributed by atoms with Crippen LogP contribution in [0.1, 0.15) is 47.0 Å². The highest BCUT2D eigenvalue weighted by Gasteiger charge is 2.30. The van der Waals surface area contributed by atoms with Crippen molar-refractivity contribution >= 4 is 0 Å². The summed E-state index contributed by atoms with van der Waals surface area (Å²) in [6.45, 7) is 10.6. The van der Waals surface area contributed by atoms with Crippen molar-refractivity contribution in [3.63, 3.8) is 0 Å². The topological polar surface area (TPSA) is 21.3 Å². The number of allylic oxidation sites excluding steroid dienone is 2. The predicted molar refractivity (Wildman–Crippen MR) is 65.1 cm³/mol. The Bertz CT molecular complexity index is 213. The van der Waals surface area contributed by atoms with Crippen molar-refractivity contribution in [2.45, 2.75) is 58.5 Å². The average Bonchev–Trinajstić information content (AvgIpc) is 2.50. The van der Waals surface area contributed by atoms with Gasteiger partial charge in [0.05, 0.1) is 6.61 Å². The van der Waals surface area contributed by atoms with Crippen LogP contribution in [0.2, 0.25) is 0 Å². The molecule has 0 bridgehead atoms. The monoisotopic (exact) mass is 211 g/mol. The minimum atomic E-state index is 0.213. The Morgan fingerprint density at radius 2 is 2.27 bits per heavy atom. The second kappa shape index (κ2) is 5.66. The van der Waals surface area contributed by atoms with Crippen LogP contribution in [-0.2, 0) is 4.74 Å². The van der Waals surface area contributed by atoms with E-state index in [-0.39, 0.29) is 5.54 Å². The van der Waals surface area contributed by atoms with Crippen molar-refractivity contribution in [2.24, 2.45) is 0 Å². The summed E-state index contributed by atoms with van der Waals surface area (Å²) in [5.74, 6) is 0. The summed E-state index contributed by atoms with van der Waals surface area (Å²) < 4.78 is 5.43. The fraction of sp³-hybridized carbons (Fsp3) is 0.846. The molecule has 2 atom stereocenters. The van der Waals surface area contributed by atoms with Crippen molar-refractivity contribution in [1.29, 1.82) is 0 Å². The van der Waals surface area contributed by atoms with Gasteiger partial charge in [0, 0.05) is 18.2 Å². The molecule has 2 unspecified atom stereocenters. The molecule has 1 heterocycles. The van der Waals surface area contributed by atoms with Crippen LogP contribution in [0.15, 0.2) is 11.6 Å². The summed E-state index contributed by atoms with van der Waals surface area (Å²) >= 11 is 0. The van der Waals surface area contributed by atoms with Crippen molar-refractivity contribution in [1.82, 2.24) is 5.32 Å². The quantitative estimate of drug-likeness (QED) is 0.706. The summed E-state index contributed by atoms with van der Waals surface area (Å²) in [4.78, 5) is 0. The third-order valence-corrected chi connectivity index (χ3v) is 2.97. The second-order valence-electron chi connectivity index (χ2n) is 5.27. The van der Waals surface area contributed by atoms with Gasteiger partial charge in [-0.05, 0) is 47.0 Å². The third kappa shape index (κ3) is 4.80. The predicted octanol–water partition coefficient (Wildman–Crippen LogP) is 2.89. The highest BCUT2D eigenvalue weighted by Crippen LogP contribution is 2.19. The highest BCUT2D eigenvalue weighted by molar-refractivity contribution is 4.94. The summed E-state index contributed by atoms with van der Waals surface area (Å²) in [5.41, 5.74) is 1.63. The molecule has 0 radical (unpaired) electrons. The van der Waals surface area contributed by atoms with Crippen LogP contribution in [0.25, 0.3) is 0 Å². The van der Waals surface area contributed by atoms with Gasteiger partial charge in [-0.1, -0.05) is 11.6 Å². The fourth-order valence-electron chi connectivity index (χ4n) is 2.07. The Morgan fingerprint density at radius 1 is 1.53 bits per heavy atom. The van der Waals surface area contributed by atoms with Crippen molar-refractivity contribution in [3.05, 3.63) is 11.6 Å². The number of hydrogen-bond acceptors (Lipinski definition) is 2. The van der Waals surface area contributed by atoms with Gasteiger partial charge < -0.3 is 10.1 Å². The van der Waals surface area contributed by atoms with Gasteiger partial charge in [0.15, 0.2) is 0 Å². The van der Waals surface area contributed by atoms with Crippen LogP contribution in [0.5, 0.6) is 0 Å². The smallest absolute Gasteiger partial charge is 0.0646 e. The van der Waals surface area contributed by atoms with Crippen LogP contribution in [0, 0.1) is 0 Å². The summed E-state index contributed by atoms with van der Waals surface area (Å²) in [6, 6.07) is 0.576. The molecular weight excluding hydrogens is 186 g/mol. The van der Waals surface area contributed by atoms with E-state index in [4.69, 9.17) is 4.74 Å². The molecule has 2 heteroatoms. The van der Waals surface area contributed by atoms with Crippen molar-refractivity contribution in [3.8, 4) is 0 Å². The lowest BCUT2D eigenvalue weighted by Crippen LogP contribution is -2.47. The Kier molecular flexibility index (Phi) is 4.81. The van der Waals surface area contributed by atoms with Gasteiger partial charge in [-0.3, -0.25) is 0 Å². The Balaban J connectivity index is 2.23. The van der Waals surface area contributed by atoms with E-state index in [9.17, 15) is 0 Å². The lowest BCUT2D eigenvalue weighted by atomic mass is 9.99. The standard InChI is InChI=1S/C13H25NO/c1-11(2)6-5-7-12(3)14-13(4)8-9-15-10-13/h6,12,14H,5,7-10H2,1-4H3. The third-order valence-electron chi connectivity index (χ3n) is 2.97. The average molecular weight is 211 g/mol. The molecular formula is C13H25NO. The van der Waals surface area contributed by atoms with E-state index in [0.717, 1.165) is 19.6 Å². The summed E-state index contributed by atoms with van der Waals surface area (Å²) in [7, 11) is 0. The normalized spacial score (nSPS) is 27.7. The number of rotatable bonds is 5. The molecule has 0 aromatic carbocycles. The van der Waals surface area contributed by atoms with Crippen LogP contribution in [0.4, 0.5) is 0 Å². The van der Waals surface area contributed by atoms with Gasteiger partial charge in [0.1, 0.15) is 0 Å². The SMILES string of the molecule is CC(C)=CCCC(C)NC1(C)CCOC1. The first kappa shape index (κ1) is 12.7. The van der Waals surface area contributed by atoms with Crippen LogP contribution >= 0.6 is 0 Å². The minimum Gasteiger partial charge on any atom is -0.379 e. The van der Waals surface area contributed by atoms with Gasteiger partial charge in [0.25, 0.3) is 0 Å². The molecule has 0 aliphatic carbocycles. The molecule has 88 valence electrons.